The van der Waals surface area contributed by atoms with Crippen LogP contribution < -0.4 is 5.32 Å². The van der Waals surface area contributed by atoms with Crippen LogP contribution in [-0.2, 0) is 14.8 Å². The van der Waals surface area contributed by atoms with Crippen molar-refractivity contribution in [2.24, 2.45) is 5.92 Å². The maximum absolute atomic E-state index is 11.8. The molecule has 16 heavy (non-hydrogen) atoms. The van der Waals surface area contributed by atoms with Crippen molar-refractivity contribution in [2.75, 3.05) is 19.6 Å². The molecule has 0 radical (unpaired) electrons. The number of nitrogens with one attached hydrogen (secondary N) is 1. The van der Waals surface area contributed by atoms with E-state index in [2.05, 4.69) is 5.32 Å². The molecule has 0 aromatic rings. The molecule has 0 atom stereocenters. The average molecular weight is 246 g/mol. The Morgan fingerprint density at radius 3 is 2.44 bits per heavy atom. The highest BCUT2D eigenvalue weighted by molar-refractivity contribution is 7.94. The van der Waals surface area contributed by atoms with E-state index in [0.717, 1.165) is 30.2 Å². The van der Waals surface area contributed by atoms with Crippen molar-refractivity contribution >= 4 is 15.9 Å². The molecule has 92 valence electrons. The summed E-state index contributed by atoms with van der Waals surface area (Å²) in [5, 5.41) is 3.22. The van der Waals surface area contributed by atoms with Gasteiger partial charge in [-0.3, -0.25) is 4.79 Å². The van der Waals surface area contributed by atoms with Crippen molar-refractivity contribution in [3.8, 4) is 0 Å². The number of carbonyl (C=O) groups excluding carboxylic acids is 1. The summed E-state index contributed by atoms with van der Waals surface area (Å²) in [6, 6.07) is 0. The van der Waals surface area contributed by atoms with Crippen LogP contribution in [0.25, 0.3) is 0 Å². The normalized spacial score (nSPS) is 28.9. The van der Waals surface area contributed by atoms with E-state index in [9.17, 15) is 13.2 Å². The molecule has 2 heterocycles. The second-order valence-corrected chi connectivity index (χ2v) is 7.46. The van der Waals surface area contributed by atoms with Gasteiger partial charge in [-0.05, 0) is 45.7 Å². The largest absolute Gasteiger partial charge is 0.317 e. The average Bonchev–Trinajstić information content (AvgIpc) is 2.26. The standard InChI is InChI=1S/C10H18N2O3S/c1-10(2)9(13)12(16(10,14)15)7-8-3-5-11-6-4-8/h8,11H,3-7H2,1-2H3. The quantitative estimate of drug-likeness (QED) is 0.741. The summed E-state index contributed by atoms with van der Waals surface area (Å²) in [5.41, 5.74) is 0. The van der Waals surface area contributed by atoms with Crippen molar-refractivity contribution in [3.05, 3.63) is 0 Å². The van der Waals surface area contributed by atoms with E-state index in [4.69, 9.17) is 0 Å². The predicted octanol–water partition coefficient (Wildman–Crippen LogP) is -0.0634. The highest BCUT2D eigenvalue weighted by Crippen LogP contribution is 2.36. The second kappa shape index (κ2) is 3.70. The third-order valence-electron chi connectivity index (χ3n) is 3.56. The van der Waals surface area contributed by atoms with Crippen LogP contribution in [0.4, 0.5) is 0 Å². The Kier molecular flexibility index (Phi) is 2.74. The summed E-state index contributed by atoms with van der Waals surface area (Å²) < 4.78 is 23.5. The van der Waals surface area contributed by atoms with Gasteiger partial charge < -0.3 is 5.32 Å². The summed E-state index contributed by atoms with van der Waals surface area (Å²) in [6.45, 7) is 5.14. The summed E-state index contributed by atoms with van der Waals surface area (Å²) in [5.74, 6) is 0.0575. The molecule has 1 amide bonds. The fourth-order valence-corrected chi connectivity index (χ4v) is 3.84. The zero-order valence-corrected chi connectivity index (χ0v) is 10.5. The fourth-order valence-electron chi connectivity index (χ4n) is 2.24. The molecule has 0 aromatic heterocycles. The lowest BCUT2D eigenvalue weighted by Crippen LogP contribution is -2.68. The maximum Gasteiger partial charge on any atom is 0.258 e. The van der Waals surface area contributed by atoms with Gasteiger partial charge in [0.1, 0.15) is 0 Å². The van der Waals surface area contributed by atoms with Crippen molar-refractivity contribution < 1.29 is 13.2 Å². The first-order valence-corrected chi connectivity index (χ1v) is 7.09. The van der Waals surface area contributed by atoms with Gasteiger partial charge in [-0.15, -0.1) is 0 Å². The van der Waals surface area contributed by atoms with Crippen LogP contribution in [0.5, 0.6) is 0 Å². The number of hydrogen-bond donors (Lipinski definition) is 1. The van der Waals surface area contributed by atoms with E-state index >= 15 is 0 Å². The number of rotatable bonds is 2. The lowest BCUT2D eigenvalue weighted by molar-refractivity contribution is -0.132. The first-order chi connectivity index (χ1) is 7.37. The Labute approximate surface area is 96.2 Å². The fraction of sp³-hybridized carbons (Fsp3) is 0.900. The third-order valence-corrected chi connectivity index (χ3v) is 5.92. The SMILES string of the molecule is CC1(C)C(=O)N(CC2CCNCC2)S1(=O)=O. The van der Waals surface area contributed by atoms with Crippen molar-refractivity contribution in [1.29, 1.82) is 0 Å². The van der Waals surface area contributed by atoms with E-state index in [0.29, 0.717) is 12.5 Å². The highest BCUT2D eigenvalue weighted by Gasteiger charge is 2.60. The Morgan fingerprint density at radius 2 is 1.94 bits per heavy atom. The van der Waals surface area contributed by atoms with E-state index in [1.165, 1.54) is 13.8 Å². The molecule has 2 aliphatic heterocycles. The van der Waals surface area contributed by atoms with Crippen molar-refractivity contribution in [3.63, 3.8) is 0 Å². The number of amides is 1. The molecule has 6 heteroatoms. The van der Waals surface area contributed by atoms with Crippen LogP contribution in [0.1, 0.15) is 26.7 Å². The summed E-state index contributed by atoms with van der Waals surface area (Å²) in [6.07, 6.45) is 1.89. The van der Waals surface area contributed by atoms with Crippen LogP contribution >= 0.6 is 0 Å². The molecule has 0 aromatic carbocycles. The van der Waals surface area contributed by atoms with Crippen LogP contribution in [0.3, 0.4) is 0 Å². The van der Waals surface area contributed by atoms with Gasteiger partial charge in [0.05, 0.1) is 0 Å². The Bertz CT molecular complexity index is 396. The molecule has 5 nitrogen and oxygen atoms in total. The minimum Gasteiger partial charge on any atom is -0.317 e. The van der Waals surface area contributed by atoms with E-state index in [-0.39, 0.29) is 5.91 Å². The first kappa shape index (κ1) is 11.9. The molecule has 0 bridgehead atoms. The topological polar surface area (TPSA) is 66.5 Å². The van der Waals surface area contributed by atoms with Crippen molar-refractivity contribution in [1.82, 2.24) is 9.62 Å². The van der Waals surface area contributed by atoms with Gasteiger partial charge in [-0.25, -0.2) is 12.7 Å². The molecule has 0 saturated carbocycles. The van der Waals surface area contributed by atoms with Gasteiger partial charge >= 0.3 is 0 Å². The molecule has 1 N–H and O–H groups in total. The molecule has 2 saturated heterocycles. The van der Waals surface area contributed by atoms with Crippen LogP contribution in [-0.4, -0.2) is 43.0 Å². The van der Waals surface area contributed by atoms with Gasteiger partial charge in [0.2, 0.25) is 0 Å². The first-order valence-electron chi connectivity index (χ1n) is 5.65. The molecule has 0 aliphatic carbocycles. The monoisotopic (exact) mass is 246 g/mol. The van der Waals surface area contributed by atoms with Crippen LogP contribution in [0.15, 0.2) is 0 Å². The summed E-state index contributed by atoms with van der Waals surface area (Å²) >= 11 is 0. The third kappa shape index (κ3) is 1.55. The zero-order chi connectivity index (χ0) is 12.0. The molecular formula is C10H18N2O3S. The number of carbonyl (C=O) groups is 1. The smallest absolute Gasteiger partial charge is 0.258 e. The Morgan fingerprint density at radius 1 is 1.38 bits per heavy atom. The van der Waals surface area contributed by atoms with Crippen LogP contribution in [0, 0.1) is 5.92 Å². The van der Waals surface area contributed by atoms with Crippen molar-refractivity contribution in [2.45, 2.75) is 31.4 Å². The Hall–Kier alpha value is -0.620. The Balaban J connectivity index is 2.04. The van der Waals surface area contributed by atoms with E-state index in [1.54, 1.807) is 0 Å². The highest BCUT2D eigenvalue weighted by atomic mass is 32.2. The van der Waals surface area contributed by atoms with Gasteiger partial charge in [0.25, 0.3) is 15.9 Å². The molecule has 0 unspecified atom stereocenters. The molecular weight excluding hydrogens is 228 g/mol. The van der Waals surface area contributed by atoms with Gasteiger partial charge in [0.15, 0.2) is 4.75 Å². The second-order valence-electron chi connectivity index (χ2n) is 5.04. The lowest BCUT2D eigenvalue weighted by Gasteiger charge is -2.44. The minimum atomic E-state index is -3.39. The predicted molar refractivity (Wildman–Crippen MR) is 60.3 cm³/mol. The van der Waals surface area contributed by atoms with E-state index in [1.807, 2.05) is 0 Å². The van der Waals surface area contributed by atoms with Gasteiger partial charge in [-0.2, -0.15) is 0 Å². The number of hydrogen-bond acceptors (Lipinski definition) is 4. The minimum absolute atomic E-state index is 0.258. The van der Waals surface area contributed by atoms with E-state index < -0.39 is 14.8 Å². The number of nitrogens with zero attached hydrogens (tertiary/aromatic N) is 1. The maximum atomic E-state index is 11.8. The number of piperidine rings is 1. The number of sulfonamides is 1. The summed E-state index contributed by atoms with van der Waals surface area (Å²) in [4.78, 5) is 11.7. The summed E-state index contributed by atoms with van der Waals surface area (Å²) in [7, 11) is -3.39. The lowest BCUT2D eigenvalue weighted by atomic mass is 9.98. The molecule has 2 rings (SSSR count). The van der Waals surface area contributed by atoms with Gasteiger partial charge in [-0.1, -0.05) is 0 Å². The zero-order valence-electron chi connectivity index (χ0n) is 9.69. The molecule has 0 spiro atoms. The van der Waals surface area contributed by atoms with Gasteiger partial charge in [0, 0.05) is 6.54 Å². The molecule has 2 aliphatic rings. The van der Waals surface area contributed by atoms with Crippen LogP contribution in [0.2, 0.25) is 0 Å². The molecule has 2 fully saturated rings.